The number of amides is 2. The molecule has 0 aromatic carbocycles. The molecule has 0 radical (unpaired) electrons. The summed E-state index contributed by atoms with van der Waals surface area (Å²) in [5.74, 6) is -3.98. The number of carbonyl (C=O) groups excluding carboxylic acids is 5. The van der Waals surface area contributed by atoms with Crippen molar-refractivity contribution in [3.63, 3.8) is 0 Å². The maximum Gasteiger partial charge on any atom is 0.370 e. The van der Waals surface area contributed by atoms with Crippen LogP contribution in [0.15, 0.2) is 0 Å². The van der Waals surface area contributed by atoms with Gasteiger partial charge in [0.05, 0.1) is 0 Å². The third kappa shape index (κ3) is 4.34. The molecule has 110 valence electrons. The van der Waals surface area contributed by atoms with E-state index in [1.165, 1.54) is 6.92 Å². The highest BCUT2D eigenvalue weighted by Crippen LogP contribution is 2.12. The number of hydrogen-bond acceptors (Lipinski definition) is 8. The highest BCUT2D eigenvalue weighted by molar-refractivity contribution is 6.01. The first-order valence-electron chi connectivity index (χ1n) is 5.71. The summed E-state index contributed by atoms with van der Waals surface area (Å²) in [5, 5.41) is 0.339. The van der Waals surface area contributed by atoms with Gasteiger partial charge in [0.25, 0.3) is 11.8 Å². The lowest BCUT2D eigenvalue weighted by molar-refractivity contribution is -0.201. The third-order valence-corrected chi connectivity index (χ3v) is 2.21. The van der Waals surface area contributed by atoms with Crippen LogP contribution in [0.3, 0.4) is 0 Å². The van der Waals surface area contributed by atoms with E-state index >= 15 is 0 Å². The highest BCUT2D eigenvalue weighted by Gasteiger charge is 2.33. The number of nitrogens with zero attached hydrogens (tertiary/aromatic N) is 1. The van der Waals surface area contributed by atoms with Crippen LogP contribution in [-0.4, -0.2) is 47.5 Å². The van der Waals surface area contributed by atoms with Crippen LogP contribution in [-0.2, 0) is 38.3 Å². The number of carbonyl (C=O) groups is 5. The monoisotopic (exact) mass is 287 g/mol. The van der Waals surface area contributed by atoms with Crippen molar-refractivity contribution in [2.75, 3.05) is 6.61 Å². The molecule has 1 rings (SSSR count). The predicted octanol–water partition coefficient (Wildman–Crippen LogP) is -0.912. The van der Waals surface area contributed by atoms with Gasteiger partial charge in [-0.15, -0.1) is 5.06 Å². The molecule has 9 nitrogen and oxygen atoms in total. The Hall–Kier alpha value is -2.45. The molecule has 2 amide bonds. The Kier molecular flexibility index (Phi) is 5.18. The van der Waals surface area contributed by atoms with Gasteiger partial charge in [-0.25, -0.2) is 9.59 Å². The van der Waals surface area contributed by atoms with Crippen LogP contribution in [0.1, 0.15) is 26.7 Å². The molecule has 1 saturated heterocycles. The van der Waals surface area contributed by atoms with Gasteiger partial charge < -0.3 is 14.3 Å². The average Bonchev–Trinajstić information content (AvgIpc) is 2.66. The molecule has 0 unspecified atom stereocenters. The van der Waals surface area contributed by atoms with Gasteiger partial charge in [0.15, 0.2) is 12.7 Å². The lowest BCUT2D eigenvalue weighted by Gasteiger charge is -2.14. The maximum absolute atomic E-state index is 11.3. The Balaban J connectivity index is 2.36. The number of imide groups is 1. The predicted molar refractivity (Wildman–Crippen MR) is 59.4 cm³/mol. The van der Waals surface area contributed by atoms with Crippen molar-refractivity contribution >= 4 is 29.7 Å². The number of ether oxygens (including phenoxy) is 2. The summed E-state index contributed by atoms with van der Waals surface area (Å²) in [7, 11) is 0. The SMILES string of the molecule is CC(=O)O[C@@H](C)C(=O)OCC(=O)ON1C(=O)CCC1=O. The minimum absolute atomic E-state index is 0.0324. The van der Waals surface area contributed by atoms with Crippen LogP contribution < -0.4 is 0 Å². The molecule has 1 fully saturated rings. The van der Waals surface area contributed by atoms with Crippen molar-refractivity contribution in [1.82, 2.24) is 5.06 Å². The Morgan fingerprint density at radius 1 is 1.20 bits per heavy atom. The van der Waals surface area contributed by atoms with Gasteiger partial charge in [0.2, 0.25) is 0 Å². The van der Waals surface area contributed by atoms with Gasteiger partial charge >= 0.3 is 17.9 Å². The summed E-state index contributed by atoms with van der Waals surface area (Å²) < 4.78 is 9.03. The van der Waals surface area contributed by atoms with Crippen LogP contribution >= 0.6 is 0 Å². The van der Waals surface area contributed by atoms with Crippen LogP contribution in [0.5, 0.6) is 0 Å². The van der Waals surface area contributed by atoms with Gasteiger partial charge in [0, 0.05) is 19.8 Å². The Morgan fingerprint density at radius 2 is 1.75 bits per heavy atom. The maximum atomic E-state index is 11.3. The molecule has 9 heteroatoms. The van der Waals surface area contributed by atoms with Crippen LogP contribution in [0.25, 0.3) is 0 Å². The second-order valence-electron chi connectivity index (χ2n) is 3.90. The zero-order chi connectivity index (χ0) is 15.3. The molecule has 0 aliphatic carbocycles. The fraction of sp³-hybridized carbons (Fsp3) is 0.545. The molecule has 0 N–H and O–H groups in total. The van der Waals surface area contributed by atoms with E-state index in [1.807, 2.05) is 0 Å². The third-order valence-electron chi connectivity index (χ3n) is 2.21. The number of hydroxylamine groups is 2. The number of esters is 2. The minimum Gasteiger partial charge on any atom is -0.451 e. The zero-order valence-corrected chi connectivity index (χ0v) is 10.9. The molecule has 1 heterocycles. The van der Waals surface area contributed by atoms with Crippen LogP contribution in [0.4, 0.5) is 0 Å². The molecule has 1 atom stereocenters. The molecule has 20 heavy (non-hydrogen) atoms. The molecule has 0 aromatic heterocycles. The molecule has 0 saturated carbocycles. The van der Waals surface area contributed by atoms with E-state index in [0.29, 0.717) is 5.06 Å². The van der Waals surface area contributed by atoms with Crippen molar-refractivity contribution in [2.24, 2.45) is 0 Å². The molecule has 1 aliphatic heterocycles. The van der Waals surface area contributed by atoms with E-state index in [2.05, 4.69) is 14.3 Å². The summed E-state index contributed by atoms with van der Waals surface area (Å²) in [6, 6.07) is 0. The van der Waals surface area contributed by atoms with Crippen LogP contribution in [0.2, 0.25) is 0 Å². The smallest absolute Gasteiger partial charge is 0.370 e. The average molecular weight is 287 g/mol. The van der Waals surface area contributed by atoms with E-state index < -0.39 is 42.4 Å². The van der Waals surface area contributed by atoms with Gasteiger partial charge in [-0.3, -0.25) is 14.4 Å². The van der Waals surface area contributed by atoms with Gasteiger partial charge in [0.1, 0.15) is 0 Å². The summed E-state index contributed by atoms with van der Waals surface area (Å²) in [5.41, 5.74) is 0. The Labute approximate surface area is 113 Å². The lowest BCUT2D eigenvalue weighted by Crippen LogP contribution is -2.34. The van der Waals surface area contributed by atoms with Crippen molar-refractivity contribution in [3.8, 4) is 0 Å². The second-order valence-corrected chi connectivity index (χ2v) is 3.90. The van der Waals surface area contributed by atoms with Crippen molar-refractivity contribution in [2.45, 2.75) is 32.8 Å². The minimum atomic E-state index is -1.17. The molecule has 0 bridgehead atoms. The lowest BCUT2D eigenvalue weighted by atomic mass is 10.4. The second kappa shape index (κ2) is 6.64. The molecular formula is C11H13NO8. The fourth-order valence-corrected chi connectivity index (χ4v) is 1.33. The Bertz CT molecular complexity index is 441. The van der Waals surface area contributed by atoms with E-state index in [-0.39, 0.29) is 12.8 Å². The van der Waals surface area contributed by atoms with E-state index in [0.717, 1.165) is 6.92 Å². The van der Waals surface area contributed by atoms with E-state index in [1.54, 1.807) is 0 Å². The standard InChI is InChI=1S/C11H13NO8/c1-6(19-7(2)13)11(17)18-5-10(16)20-12-8(14)3-4-9(12)15/h6H,3-5H2,1-2H3/t6-/m0/s1. The molecule has 0 aromatic rings. The zero-order valence-electron chi connectivity index (χ0n) is 10.9. The topological polar surface area (TPSA) is 116 Å². The van der Waals surface area contributed by atoms with Crippen molar-refractivity contribution in [3.05, 3.63) is 0 Å². The molecule has 1 aliphatic rings. The number of hydrogen-bond donors (Lipinski definition) is 0. The summed E-state index contributed by atoms with van der Waals surface area (Å²) >= 11 is 0. The first-order valence-corrected chi connectivity index (χ1v) is 5.71. The van der Waals surface area contributed by atoms with Crippen molar-refractivity contribution < 1.29 is 38.3 Å². The van der Waals surface area contributed by atoms with Gasteiger partial charge in [-0.2, -0.15) is 0 Å². The summed E-state index contributed by atoms with van der Waals surface area (Å²) in [4.78, 5) is 59.9. The molecule has 0 spiro atoms. The summed E-state index contributed by atoms with van der Waals surface area (Å²) in [6.07, 6.45) is -1.24. The number of rotatable bonds is 5. The molecular weight excluding hydrogens is 274 g/mol. The summed E-state index contributed by atoms with van der Waals surface area (Å²) in [6.45, 7) is 1.58. The highest BCUT2D eigenvalue weighted by atomic mass is 16.7. The normalized spacial score (nSPS) is 15.8. The van der Waals surface area contributed by atoms with E-state index in [4.69, 9.17) is 0 Å². The van der Waals surface area contributed by atoms with Gasteiger partial charge in [-0.05, 0) is 6.92 Å². The first-order chi connectivity index (χ1) is 9.31. The van der Waals surface area contributed by atoms with Gasteiger partial charge in [-0.1, -0.05) is 0 Å². The Morgan fingerprint density at radius 3 is 2.25 bits per heavy atom. The van der Waals surface area contributed by atoms with Crippen molar-refractivity contribution in [1.29, 1.82) is 0 Å². The largest absolute Gasteiger partial charge is 0.451 e. The van der Waals surface area contributed by atoms with E-state index in [9.17, 15) is 24.0 Å². The quantitative estimate of drug-likeness (QED) is 0.471. The fourth-order valence-electron chi connectivity index (χ4n) is 1.33. The first kappa shape index (κ1) is 15.6. The van der Waals surface area contributed by atoms with Crippen LogP contribution in [0, 0.1) is 0 Å².